The van der Waals surface area contributed by atoms with Crippen molar-refractivity contribution in [3.05, 3.63) is 65.2 Å². The van der Waals surface area contributed by atoms with Crippen molar-refractivity contribution in [1.29, 1.82) is 0 Å². The molecule has 96 valence electrons. The molecule has 20 heavy (non-hydrogen) atoms. The topological polar surface area (TPSA) is 61.5 Å². The minimum atomic E-state index is -0.193. The summed E-state index contributed by atoms with van der Waals surface area (Å²) >= 11 is 0. The molecule has 2 N–H and O–H groups in total. The summed E-state index contributed by atoms with van der Waals surface area (Å²) in [6.45, 7) is 0. The summed E-state index contributed by atoms with van der Waals surface area (Å²) in [7, 11) is 0. The maximum absolute atomic E-state index is 11.5. The number of nitrogens with zero attached hydrogens (tertiary/aromatic N) is 1. The van der Waals surface area contributed by atoms with E-state index in [0.29, 0.717) is 0 Å². The third kappa shape index (κ3) is 1.62. The van der Waals surface area contributed by atoms with E-state index in [1.54, 1.807) is 0 Å². The number of H-pyrrole nitrogens is 2. The number of hydrogen-bond acceptors (Lipinski definition) is 2. The number of fused-ring (bicyclic) bond motifs is 2. The van der Waals surface area contributed by atoms with Crippen molar-refractivity contribution in [3.63, 3.8) is 0 Å². The number of rotatable bonds is 1. The van der Waals surface area contributed by atoms with Gasteiger partial charge in [0.05, 0.1) is 16.6 Å². The fourth-order valence-corrected chi connectivity index (χ4v) is 2.52. The molecule has 0 aliphatic carbocycles. The van der Waals surface area contributed by atoms with Crippen LogP contribution in [-0.4, -0.2) is 15.0 Å². The molecule has 0 radical (unpaired) electrons. The maximum atomic E-state index is 11.5. The molecule has 0 saturated heterocycles. The van der Waals surface area contributed by atoms with Gasteiger partial charge in [0.25, 0.3) is 0 Å². The zero-order chi connectivity index (χ0) is 13.5. The maximum Gasteiger partial charge on any atom is 0.323 e. The average Bonchev–Trinajstić information content (AvgIpc) is 2.86. The molecular formula is C16H11N3O. The number of aromatic nitrogens is 3. The first kappa shape index (κ1) is 11.0. The smallest absolute Gasteiger partial charge is 0.306 e. The van der Waals surface area contributed by atoms with Gasteiger partial charge in [-0.2, -0.15) is 0 Å². The van der Waals surface area contributed by atoms with Gasteiger partial charge in [0.15, 0.2) is 0 Å². The van der Waals surface area contributed by atoms with Crippen molar-refractivity contribution in [2.45, 2.75) is 0 Å². The molecule has 0 fully saturated rings. The standard InChI is InChI=1S/C16H11N3O/c20-16-18-14-7-3-5-12(15(14)19-16)11-8-10-4-1-2-6-13(10)17-9-11/h1-9H,(H2,18,19,20). The zero-order valence-electron chi connectivity index (χ0n) is 10.6. The van der Waals surface area contributed by atoms with E-state index < -0.39 is 0 Å². The molecule has 0 spiro atoms. The Morgan fingerprint density at radius 2 is 1.85 bits per heavy atom. The average molecular weight is 261 g/mol. The highest BCUT2D eigenvalue weighted by Crippen LogP contribution is 2.27. The van der Waals surface area contributed by atoms with Crippen LogP contribution in [0.15, 0.2) is 59.5 Å². The fraction of sp³-hybridized carbons (Fsp3) is 0. The van der Waals surface area contributed by atoms with Gasteiger partial charge in [-0.3, -0.25) is 4.98 Å². The van der Waals surface area contributed by atoms with Gasteiger partial charge in [0, 0.05) is 22.7 Å². The van der Waals surface area contributed by atoms with Gasteiger partial charge >= 0.3 is 5.69 Å². The molecule has 2 aromatic heterocycles. The third-order valence-electron chi connectivity index (χ3n) is 3.45. The Balaban J connectivity index is 2.03. The Morgan fingerprint density at radius 3 is 2.80 bits per heavy atom. The van der Waals surface area contributed by atoms with E-state index in [4.69, 9.17) is 0 Å². The second-order valence-corrected chi connectivity index (χ2v) is 4.72. The molecule has 0 amide bonds. The summed E-state index contributed by atoms with van der Waals surface area (Å²) in [5.41, 5.74) is 4.35. The zero-order valence-corrected chi connectivity index (χ0v) is 10.6. The highest BCUT2D eigenvalue weighted by Gasteiger charge is 2.07. The fourth-order valence-electron chi connectivity index (χ4n) is 2.52. The third-order valence-corrected chi connectivity index (χ3v) is 3.45. The first-order chi connectivity index (χ1) is 9.81. The van der Waals surface area contributed by atoms with Crippen molar-refractivity contribution >= 4 is 21.9 Å². The number of aromatic amines is 2. The lowest BCUT2D eigenvalue weighted by Gasteiger charge is -2.04. The largest absolute Gasteiger partial charge is 0.323 e. The lowest BCUT2D eigenvalue weighted by Crippen LogP contribution is -1.99. The Morgan fingerprint density at radius 1 is 0.950 bits per heavy atom. The molecule has 0 aliphatic rings. The van der Waals surface area contributed by atoms with Gasteiger partial charge in [-0.15, -0.1) is 0 Å². The van der Waals surface area contributed by atoms with Gasteiger partial charge in [-0.05, 0) is 18.2 Å². The highest BCUT2D eigenvalue weighted by atomic mass is 16.1. The summed E-state index contributed by atoms with van der Waals surface area (Å²) in [5, 5.41) is 1.08. The van der Waals surface area contributed by atoms with E-state index in [1.807, 2.05) is 48.7 Å². The number of imidazole rings is 1. The number of para-hydroxylation sites is 2. The van der Waals surface area contributed by atoms with Crippen LogP contribution in [0.2, 0.25) is 0 Å². The molecular weight excluding hydrogens is 250 g/mol. The van der Waals surface area contributed by atoms with Crippen molar-refractivity contribution in [2.75, 3.05) is 0 Å². The Labute approximate surface area is 114 Å². The van der Waals surface area contributed by atoms with Crippen LogP contribution in [0.1, 0.15) is 0 Å². The lowest BCUT2D eigenvalue weighted by molar-refractivity contribution is 1.21. The minimum absolute atomic E-state index is 0.193. The van der Waals surface area contributed by atoms with E-state index in [9.17, 15) is 4.79 Å². The van der Waals surface area contributed by atoms with Crippen molar-refractivity contribution in [1.82, 2.24) is 15.0 Å². The Kier molecular flexibility index (Phi) is 2.23. The Bertz CT molecular complexity index is 982. The normalized spacial score (nSPS) is 11.2. The molecule has 0 saturated carbocycles. The van der Waals surface area contributed by atoms with Crippen LogP contribution in [0.4, 0.5) is 0 Å². The van der Waals surface area contributed by atoms with Crippen LogP contribution in [0.25, 0.3) is 33.1 Å². The summed E-state index contributed by atoms with van der Waals surface area (Å²) in [4.78, 5) is 21.5. The molecule has 0 unspecified atom stereocenters. The van der Waals surface area contributed by atoms with Crippen LogP contribution >= 0.6 is 0 Å². The summed E-state index contributed by atoms with van der Waals surface area (Å²) in [5.74, 6) is 0. The van der Waals surface area contributed by atoms with E-state index in [-0.39, 0.29) is 5.69 Å². The molecule has 4 nitrogen and oxygen atoms in total. The molecule has 2 aromatic carbocycles. The Hall–Kier alpha value is -2.88. The van der Waals surface area contributed by atoms with Gasteiger partial charge in [-0.1, -0.05) is 30.3 Å². The predicted molar refractivity (Wildman–Crippen MR) is 79.7 cm³/mol. The van der Waals surface area contributed by atoms with E-state index in [2.05, 4.69) is 21.0 Å². The molecule has 0 atom stereocenters. The molecule has 4 aromatic rings. The summed E-state index contributed by atoms with van der Waals surface area (Å²) in [6.07, 6.45) is 1.84. The molecule has 2 heterocycles. The second-order valence-electron chi connectivity index (χ2n) is 4.72. The van der Waals surface area contributed by atoms with Crippen molar-refractivity contribution < 1.29 is 0 Å². The van der Waals surface area contributed by atoms with E-state index >= 15 is 0 Å². The van der Waals surface area contributed by atoms with Crippen molar-refractivity contribution in [2.24, 2.45) is 0 Å². The number of benzene rings is 2. The van der Waals surface area contributed by atoms with Crippen LogP contribution in [0.5, 0.6) is 0 Å². The van der Waals surface area contributed by atoms with Gasteiger partial charge in [-0.25, -0.2) is 4.79 Å². The quantitative estimate of drug-likeness (QED) is 0.553. The van der Waals surface area contributed by atoms with Crippen LogP contribution in [0.3, 0.4) is 0 Å². The second kappa shape index (κ2) is 4.06. The number of hydrogen-bond donors (Lipinski definition) is 2. The molecule has 0 bridgehead atoms. The van der Waals surface area contributed by atoms with E-state index in [0.717, 1.165) is 33.1 Å². The SMILES string of the molecule is O=c1[nH]c2cccc(-c3cnc4ccccc4c3)c2[nH]1. The first-order valence-electron chi connectivity index (χ1n) is 6.37. The summed E-state index contributed by atoms with van der Waals surface area (Å²) in [6, 6.07) is 15.9. The monoisotopic (exact) mass is 261 g/mol. The van der Waals surface area contributed by atoms with E-state index in [1.165, 1.54) is 0 Å². The van der Waals surface area contributed by atoms with Gasteiger partial charge in [0.2, 0.25) is 0 Å². The van der Waals surface area contributed by atoms with Crippen LogP contribution in [0, 0.1) is 0 Å². The lowest BCUT2D eigenvalue weighted by atomic mass is 10.0. The number of nitrogens with one attached hydrogen (secondary N) is 2. The molecule has 0 aliphatic heterocycles. The molecule has 4 heteroatoms. The first-order valence-corrected chi connectivity index (χ1v) is 6.37. The van der Waals surface area contributed by atoms with Gasteiger partial charge in [0.1, 0.15) is 0 Å². The molecule has 4 rings (SSSR count). The van der Waals surface area contributed by atoms with Crippen LogP contribution < -0.4 is 5.69 Å². The van der Waals surface area contributed by atoms with Crippen molar-refractivity contribution in [3.8, 4) is 11.1 Å². The minimum Gasteiger partial charge on any atom is -0.306 e. The summed E-state index contributed by atoms with van der Waals surface area (Å²) < 4.78 is 0. The highest BCUT2D eigenvalue weighted by molar-refractivity contribution is 5.94. The van der Waals surface area contributed by atoms with Gasteiger partial charge < -0.3 is 9.97 Å². The van der Waals surface area contributed by atoms with Crippen LogP contribution in [-0.2, 0) is 0 Å². The number of pyridine rings is 1. The predicted octanol–water partition coefficient (Wildman–Crippen LogP) is 3.07.